The molecule has 0 aliphatic carbocycles. The second-order valence-electron chi connectivity index (χ2n) is 10.5. The van der Waals surface area contributed by atoms with E-state index in [1.807, 2.05) is 68.4 Å². The molecule has 0 aliphatic heterocycles. The standard InChI is InChI=1S/C31H34N6O5/c1-19(2)14-26(31(41)42)37-29(39)25(16-21-17-34-23-11-7-6-10-22(21)23)36-28(38)24(15-20-8-4-3-5-9-20)35-30(40)27-18-32-12-13-33-27/h3-13,17-19,24-26,34H,14-16H2,1-2H3,(H,35,40)(H,36,38)(H,37,39)(H,41,42)/t24-,25-,26-/m0/s1. The molecule has 11 nitrogen and oxygen atoms in total. The number of hydrogen-bond donors (Lipinski definition) is 5. The molecular formula is C31H34N6O5. The first-order valence-corrected chi connectivity index (χ1v) is 13.7. The highest BCUT2D eigenvalue weighted by Crippen LogP contribution is 2.19. The van der Waals surface area contributed by atoms with Gasteiger partial charge in [0, 0.05) is 42.3 Å². The predicted molar refractivity (Wildman–Crippen MR) is 156 cm³/mol. The minimum Gasteiger partial charge on any atom is -0.480 e. The third kappa shape index (κ3) is 8.00. The number of aromatic amines is 1. The van der Waals surface area contributed by atoms with Crippen molar-refractivity contribution in [2.75, 3.05) is 0 Å². The number of carbonyl (C=O) groups excluding carboxylic acids is 3. The Morgan fingerprint density at radius 3 is 2.17 bits per heavy atom. The lowest BCUT2D eigenvalue weighted by molar-refractivity contribution is -0.142. The number of amides is 3. The largest absolute Gasteiger partial charge is 0.480 e. The zero-order valence-corrected chi connectivity index (χ0v) is 23.4. The van der Waals surface area contributed by atoms with Gasteiger partial charge < -0.3 is 26.0 Å². The Morgan fingerprint density at radius 2 is 1.50 bits per heavy atom. The van der Waals surface area contributed by atoms with Crippen LogP contribution in [0.15, 0.2) is 79.4 Å². The average Bonchev–Trinajstić information content (AvgIpc) is 3.39. The molecule has 42 heavy (non-hydrogen) atoms. The van der Waals surface area contributed by atoms with Crippen LogP contribution in [0.2, 0.25) is 0 Å². The molecular weight excluding hydrogens is 536 g/mol. The Hall–Kier alpha value is -5.06. The van der Waals surface area contributed by atoms with Crippen LogP contribution in [-0.2, 0) is 27.2 Å². The summed E-state index contributed by atoms with van der Waals surface area (Å²) in [7, 11) is 0. The first-order chi connectivity index (χ1) is 20.2. The van der Waals surface area contributed by atoms with E-state index >= 15 is 0 Å². The molecule has 2 heterocycles. The fourth-order valence-electron chi connectivity index (χ4n) is 4.67. The van der Waals surface area contributed by atoms with E-state index in [0.29, 0.717) is 0 Å². The number of carboxylic acids is 1. The van der Waals surface area contributed by atoms with E-state index in [1.54, 1.807) is 6.20 Å². The molecule has 0 bridgehead atoms. The molecule has 4 rings (SSSR count). The van der Waals surface area contributed by atoms with Crippen LogP contribution in [-0.4, -0.2) is 61.9 Å². The number of para-hydroxylation sites is 1. The summed E-state index contributed by atoms with van der Waals surface area (Å²) >= 11 is 0. The molecule has 0 saturated carbocycles. The van der Waals surface area contributed by atoms with Crippen molar-refractivity contribution in [2.45, 2.75) is 51.2 Å². The molecule has 0 unspecified atom stereocenters. The summed E-state index contributed by atoms with van der Waals surface area (Å²) < 4.78 is 0. The molecule has 2 aromatic carbocycles. The number of aliphatic carboxylic acids is 1. The fourth-order valence-corrected chi connectivity index (χ4v) is 4.67. The van der Waals surface area contributed by atoms with Crippen LogP contribution < -0.4 is 16.0 Å². The summed E-state index contributed by atoms with van der Waals surface area (Å²) in [4.78, 5) is 63.3. The number of nitrogens with one attached hydrogen (secondary N) is 4. The summed E-state index contributed by atoms with van der Waals surface area (Å²) in [6.07, 6.45) is 6.32. The van der Waals surface area contributed by atoms with Gasteiger partial charge in [0.1, 0.15) is 23.8 Å². The van der Waals surface area contributed by atoms with Crippen LogP contribution in [0, 0.1) is 5.92 Å². The van der Waals surface area contributed by atoms with E-state index < -0.39 is 41.8 Å². The van der Waals surface area contributed by atoms with E-state index in [1.165, 1.54) is 18.6 Å². The van der Waals surface area contributed by atoms with Gasteiger partial charge in [-0.2, -0.15) is 0 Å². The molecule has 0 fully saturated rings. The Labute approximate surface area is 243 Å². The number of aromatic nitrogens is 3. The van der Waals surface area contributed by atoms with Crippen molar-refractivity contribution in [2.24, 2.45) is 5.92 Å². The van der Waals surface area contributed by atoms with E-state index in [2.05, 4.69) is 30.9 Å². The van der Waals surface area contributed by atoms with Crippen molar-refractivity contribution in [3.05, 3.63) is 96.2 Å². The van der Waals surface area contributed by atoms with Gasteiger partial charge in [-0.3, -0.25) is 19.4 Å². The van der Waals surface area contributed by atoms with Crippen molar-refractivity contribution >= 4 is 34.6 Å². The lowest BCUT2D eigenvalue weighted by Gasteiger charge is -2.25. The van der Waals surface area contributed by atoms with Crippen molar-refractivity contribution in [1.82, 2.24) is 30.9 Å². The van der Waals surface area contributed by atoms with Crippen molar-refractivity contribution in [3.63, 3.8) is 0 Å². The Balaban J connectivity index is 1.61. The number of rotatable bonds is 13. The molecule has 218 valence electrons. The van der Waals surface area contributed by atoms with Crippen LogP contribution in [0.4, 0.5) is 0 Å². The average molecular weight is 571 g/mol. The maximum absolute atomic E-state index is 13.8. The smallest absolute Gasteiger partial charge is 0.326 e. The van der Waals surface area contributed by atoms with Gasteiger partial charge in [0.2, 0.25) is 11.8 Å². The van der Waals surface area contributed by atoms with E-state index in [9.17, 15) is 24.3 Å². The van der Waals surface area contributed by atoms with Gasteiger partial charge in [-0.15, -0.1) is 0 Å². The van der Waals surface area contributed by atoms with Gasteiger partial charge >= 0.3 is 5.97 Å². The minimum atomic E-state index is -1.16. The molecule has 3 amide bonds. The molecule has 3 atom stereocenters. The maximum Gasteiger partial charge on any atom is 0.326 e. The number of nitrogens with zero attached hydrogens (tertiary/aromatic N) is 2. The third-order valence-corrected chi connectivity index (χ3v) is 6.75. The number of carboxylic acid groups (broad SMARTS) is 1. The van der Waals surface area contributed by atoms with Crippen LogP contribution in [0.3, 0.4) is 0 Å². The second-order valence-corrected chi connectivity index (χ2v) is 10.5. The predicted octanol–water partition coefficient (Wildman–Crippen LogP) is 2.64. The van der Waals surface area contributed by atoms with E-state index in [4.69, 9.17) is 0 Å². The molecule has 0 aliphatic rings. The molecule has 2 aromatic heterocycles. The van der Waals surface area contributed by atoms with Crippen molar-refractivity contribution in [3.8, 4) is 0 Å². The molecule has 0 radical (unpaired) electrons. The lowest BCUT2D eigenvalue weighted by Crippen LogP contribution is -2.57. The molecule has 0 saturated heterocycles. The Morgan fingerprint density at radius 1 is 0.833 bits per heavy atom. The molecule has 0 spiro atoms. The van der Waals surface area contributed by atoms with Crippen LogP contribution >= 0.6 is 0 Å². The summed E-state index contributed by atoms with van der Waals surface area (Å²) in [6, 6.07) is 13.4. The van der Waals surface area contributed by atoms with E-state index in [0.717, 1.165) is 22.0 Å². The zero-order chi connectivity index (χ0) is 30.1. The van der Waals surface area contributed by atoms with Gasteiger partial charge in [0.05, 0.1) is 6.20 Å². The number of carbonyl (C=O) groups is 4. The van der Waals surface area contributed by atoms with Gasteiger partial charge in [0.25, 0.3) is 5.91 Å². The Kier molecular flexibility index (Phi) is 9.99. The van der Waals surface area contributed by atoms with Crippen molar-refractivity contribution < 1.29 is 24.3 Å². The Bertz CT molecular complexity index is 1520. The summed E-state index contributed by atoms with van der Waals surface area (Å²) in [5.74, 6) is -2.99. The quantitative estimate of drug-likeness (QED) is 0.165. The third-order valence-electron chi connectivity index (χ3n) is 6.75. The van der Waals surface area contributed by atoms with Crippen LogP contribution in [0.1, 0.15) is 41.9 Å². The normalized spacial score (nSPS) is 13.2. The number of H-pyrrole nitrogens is 1. The zero-order valence-electron chi connectivity index (χ0n) is 23.4. The highest BCUT2D eigenvalue weighted by Gasteiger charge is 2.31. The highest BCUT2D eigenvalue weighted by molar-refractivity contribution is 5.97. The highest BCUT2D eigenvalue weighted by atomic mass is 16.4. The number of hydrogen-bond acceptors (Lipinski definition) is 6. The lowest BCUT2D eigenvalue weighted by atomic mass is 10.0. The van der Waals surface area contributed by atoms with Gasteiger partial charge in [0.15, 0.2) is 0 Å². The molecule has 11 heteroatoms. The monoisotopic (exact) mass is 570 g/mol. The van der Waals surface area contributed by atoms with Gasteiger partial charge in [-0.25, -0.2) is 9.78 Å². The topological polar surface area (TPSA) is 166 Å². The maximum atomic E-state index is 13.8. The first-order valence-electron chi connectivity index (χ1n) is 13.7. The van der Waals surface area contributed by atoms with E-state index in [-0.39, 0.29) is 30.9 Å². The molecule has 5 N–H and O–H groups in total. The van der Waals surface area contributed by atoms with Crippen LogP contribution in [0.5, 0.6) is 0 Å². The number of benzene rings is 2. The van der Waals surface area contributed by atoms with Crippen LogP contribution in [0.25, 0.3) is 10.9 Å². The molecule has 4 aromatic rings. The summed E-state index contributed by atoms with van der Waals surface area (Å²) in [6.45, 7) is 3.72. The SMILES string of the molecule is CC(C)C[C@H](NC(=O)[C@H](Cc1c[nH]c2ccccc12)NC(=O)[C@H](Cc1ccccc1)NC(=O)c1cnccn1)C(=O)O. The minimum absolute atomic E-state index is 0.0135. The van der Waals surface area contributed by atoms with Gasteiger partial charge in [-0.1, -0.05) is 62.4 Å². The number of fused-ring (bicyclic) bond motifs is 1. The fraction of sp³-hybridized carbons (Fsp3) is 0.290. The first kappa shape index (κ1) is 29.9. The second kappa shape index (κ2) is 14.0. The summed E-state index contributed by atoms with van der Waals surface area (Å²) in [5.41, 5.74) is 2.46. The van der Waals surface area contributed by atoms with Crippen molar-refractivity contribution in [1.29, 1.82) is 0 Å². The summed E-state index contributed by atoms with van der Waals surface area (Å²) in [5, 5.41) is 18.7. The van der Waals surface area contributed by atoms with Gasteiger partial charge in [-0.05, 0) is 29.5 Å².